The molecule has 3 aliphatic rings. The molecule has 0 aliphatic carbocycles. The van der Waals surface area contributed by atoms with Crippen LogP contribution in [0.4, 0.5) is 8.78 Å². The molecule has 3 aliphatic heterocycles. The van der Waals surface area contributed by atoms with E-state index in [1.807, 2.05) is 57.0 Å². The van der Waals surface area contributed by atoms with Crippen LogP contribution in [0.1, 0.15) is 95.4 Å². The number of nitrogens with two attached hydrogens (primary N) is 1. The van der Waals surface area contributed by atoms with E-state index in [0.717, 1.165) is 36.1 Å². The number of fused-ring (bicyclic) bond motifs is 10. The Morgan fingerprint density at radius 3 is 2.63 bits per heavy atom. The minimum atomic E-state index is -0.545. The van der Waals surface area contributed by atoms with Crippen molar-refractivity contribution < 1.29 is 8.78 Å². The van der Waals surface area contributed by atoms with Crippen molar-refractivity contribution in [1.82, 2.24) is 10.2 Å². The summed E-state index contributed by atoms with van der Waals surface area (Å²) in [6.07, 6.45) is 9.91. The van der Waals surface area contributed by atoms with Crippen molar-refractivity contribution in [3.05, 3.63) is 75.8 Å². The standard InChI is InChI=1S/C34H47F2N5/c1-9-13-25-18-22(4)19-27-29(25)26(24(6)35)15-12-14-23(5)40-34(7,16-10-2)21-41(8)33(37)28-20-39-31(27)30(36)32(28)38-17-11-3/h9,13,18-20,40H,5,10-12,14-17,21,37H2,1-4,6-8H3/b13-9-,26-24+,33-28+,38-32+/t34-/m1/s1. The van der Waals surface area contributed by atoms with Crippen molar-refractivity contribution in [1.29, 1.82) is 0 Å². The number of nitrogens with one attached hydrogen (secondary N) is 1. The van der Waals surface area contributed by atoms with E-state index in [2.05, 4.69) is 35.7 Å². The van der Waals surface area contributed by atoms with E-state index in [1.165, 1.54) is 6.92 Å². The highest BCUT2D eigenvalue weighted by atomic mass is 19.1. The fourth-order valence-electron chi connectivity index (χ4n) is 5.86. The first kappa shape index (κ1) is 32.0. The predicted octanol–water partition coefficient (Wildman–Crippen LogP) is 8.25. The van der Waals surface area contributed by atoms with Gasteiger partial charge in [-0.05, 0) is 88.1 Å². The Labute approximate surface area is 245 Å². The molecule has 3 heterocycles. The topological polar surface area (TPSA) is 66.0 Å². The first-order valence-electron chi connectivity index (χ1n) is 14.8. The maximum Gasteiger partial charge on any atom is 0.175 e. The molecule has 41 heavy (non-hydrogen) atoms. The van der Waals surface area contributed by atoms with Crippen LogP contribution in [0.5, 0.6) is 0 Å². The summed E-state index contributed by atoms with van der Waals surface area (Å²) in [6, 6.07) is 3.89. The second-order valence-electron chi connectivity index (χ2n) is 11.5. The molecule has 0 saturated heterocycles. The lowest BCUT2D eigenvalue weighted by Gasteiger charge is -2.38. The largest absolute Gasteiger partial charge is 0.385 e. The van der Waals surface area contributed by atoms with Gasteiger partial charge in [-0.25, -0.2) is 8.78 Å². The van der Waals surface area contributed by atoms with Crippen LogP contribution in [-0.2, 0) is 0 Å². The minimum Gasteiger partial charge on any atom is -0.385 e. The van der Waals surface area contributed by atoms with Gasteiger partial charge in [0.2, 0.25) is 0 Å². The zero-order chi connectivity index (χ0) is 30.3. The summed E-state index contributed by atoms with van der Waals surface area (Å²) in [5.41, 5.74) is 11.6. The predicted molar refractivity (Wildman–Crippen MR) is 172 cm³/mol. The van der Waals surface area contributed by atoms with E-state index in [1.54, 1.807) is 6.21 Å². The number of nitrogens with zero attached hydrogens (tertiary/aromatic N) is 3. The quantitative estimate of drug-likeness (QED) is 0.379. The van der Waals surface area contributed by atoms with E-state index in [-0.39, 0.29) is 22.8 Å². The average molecular weight is 564 g/mol. The summed E-state index contributed by atoms with van der Waals surface area (Å²) in [5.74, 6) is -0.432. The van der Waals surface area contributed by atoms with E-state index in [4.69, 9.17) is 5.73 Å². The van der Waals surface area contributed by atoms with Crippen molar-refractivity contribution >= 4 is 29.3 Å². The Bertz CT molecular complexity index is 1340. The molecule has 0 fully saturated rings. The third-order valence-corrected chi connectivity index (χ3v) is 7.58. The van der Waals surface area contributed by atoms with Gasteiger partial charge in [0.25, 0.3) is 0 Å². The van der Waals surface area contributed by atoms with Crippen LogP contribution < -0.4 is 11.1 Å². The monoisotopic (exact) mass is 563 g/mol. The highest BCUT2D eigenvalue weighted by molar-refractivity contribution is 6.28. The lowest BCUT2D eigenvalue weighted by atomic mass is 9.86. The molecule has 2 bridgehead atoms. The highest BCUT2D eigenvalue weighted by Gasteiger charge is 2.31. The van der Waals surface area contributed by atoms with Crippen molar-refractivity contribution in [2.24, 2.45) is 15.7 Å². The first-order chi connectivity index (χ1) is 19.5. The van der Waals surface area contributed by atoms with Gasteiger partial charge in [0, 0.05) is 37.6 Å². The van der Waals surface area contributed by atoms with Gasteiger partial charge in [-0.15, -0.1) is 0 Å². The smallest absolute Gasteiger partial charge is 0.175 e. The van der Waals surface area contributed by atoms with Crippen LogP contribution in [0, 0.1) is 6.92 Å². The normalized spacial score (nSPS) is 24.9. The fraction of sp³-hybridized carbons (Fsp3) is 0.471. The molecule has 0 radical (unpaired) electrons. The Morgan fingerprint density at radius 2 is 2.00 bits per heavy atom. The molecule has 1 aromatic rings. The number of hydrogen-bond acceptors (Lipinski definition) is 5. The number of aryl methyl sites for hydroxylation is 1. The maximum absolute atomic E-state index is 16.6. The Hall–Kier alpha value is -3.48. The van der Waals surface area contributed by atoms with Crippen LogP contribution in [0.15, 0.2) is 63.5 Å². The van der Waals surface area contributed by atoms with E-state index < -0.39 is 5.83 Å². The summed E-state index contributed by atoms with van der Waals surface area (Å²) < 4.78 is 32.0. The summed E-state index contributed by atoms with van der Waals surface area (Å²) in [5, 5.41) is 3.64. The zero-order valence-corrected chi connectivity index (χ0v) is 25.9. The number of hydrogen-bond donors (Lipinski definition) is 2. The lowest BCUT2D eigenvalue weighted by molar-refractivity contribution is 0.251. The van der Waals surface area contributed by atoms with Crippen molar-refractivity contribution in [2.75, 3.05) is 20.1 Å². The molecule has 4 rings (SSSR count). The number of rotatable bonds is 5. The molecule has 5 nitrogen and oxygen atoms in total. The molecule has 0 amide bonds. The van der Waals surface area contributed by atoms with Gasteiger partial charge in [0.05, 0.1) is 11.1 Å². The Kier molecular flexibility index (Phi) is 10.9. The van der Waals surface area contributed by atoms with Crippen LogP contribution >= 0.6 is 0 Å². The van der Waals surface area contributed by atoms with Gasteiger partial charge in [-0.1, -0.05) is 45.1 Å². The SMILES string of the molecule is C=C1CCC/C(=C(/C)F)c2c(/C=C\C)cc(C)cc2C2=C(F)C(=N/CCC)/C(=C(\N)N(C)C[C@@](C)(CCC)N1)C=N2. The van der Waals surface area contributed by atoms with Crippen LogP contribution in [0.2, 0.25) is 0 Å². The minimum absolute atomic E-state index is 0.149. The summed E-state index contributed by atoms with van der Waals surface area (Å²) in [7, 11) is 1.91. The van der Waals surface area contributed by atoms with E-state index in [0.29, 0.717) is 60.4 Å². The summed E-state index contributed by atoms with van der Waals surface area (Å²) >= 11 is 0. The number of benzene rings is 1. The second-order valence-corrected chi connectivity index (χ2v) is 11.5. The van der Waals surface area contributed by atoms with E-state index >= 15 is 8.78 Å². The summed E-state index contributed by atoms with van der Waals surface area (Å²) in [6.45, 7) is 17.0. The number of allylic oxidation sites excluding steroid dienone is 6. The molecule has 7 heteroatoms. The van der Waals surface area contributed by atoms with Gasteiger partial charge >= 0.3 is 0 Å². The van der Waals surface area contributed by atoms with Crippen molar-refractivity contribution in [3.8, 4) is 0 Å². The Balaban J connectivity index is 2.39. The Morgan fingerprint density at radius 1 is 1.27 bits per heavy atom. The van der Waals surface area contributed by atoms with Crippen molar-refractivity contribution in [2.45, 2.75) is 85.6 Å². The van der Waals surface area contributed by atoms with Crippen LogP contribution in [-0.4, -0.2) is 42.5 Å². The van der Waals surface area contributed by atoms with Gasteiger partial charge in [0.15, 0.2) is 5.83 Å². The first-order valence-corrected chi connectivity index (χ1v) is 14.8. The van der Waals surface area contributed by atoms with Crippen molar-refractivity contribution in [3.63, 3.8) is 0 Å². The highest BCUT2D eigenvalue weighted by Crippen LogP contribution is 2.40. The lowest BCUT2D eigenvalue weighted by Crippen LogP contribution is -2.50. The molecule has 0 saturated carbocycles. The summed E-state index contributed by atoms with van der Waals surface area (Å²) in [4.78, 5) is 11.2. The number of likely N-dealkylation sites (N-methyl/N-ethyl adjacent to an activating group) is 1. The van der Waals surface area contributed by atoms with Crippen LogP contribution in [0.25, 0.3) is 17.3 Å². The van der Waals surface area contributed by atoms with Gasteiger partial charge < -0.3 is 16.0 Å². The maximum atomic E-state index is 16.6. The molecular formula is C34H47F2N5. The molecular weight excluding hydrogens is 516 g/mol. The average Bonchev–Trinajstić information content (AvgIpc) is 2.89. The third-order valence-electron chi connectivity index (χ3n) is 7.58. The fourth-order valence-corrected chi connectivity index (χ4v) is 5.86. The molecule has 1 aromatic carbocycles. The van der Waals surface area contributed by atoms with E-state index in [9.17, 15) is 0 Å². The third kappa shape index (κ3) is 7.43. The molecule has 0 spiro atoms. The number of halogens is 2. The van der Waals surface area contributed by atoms with Gasteiger partial charge in [-0.3, -0.25) is 9.98 Å². The van der Waals surface area contributed by atoms with Gasteiger partial charge in [-0.2, -0.15) is 0 Å². The molecule has 1 atom stereocenters. The number of aliphatic imine (C=N–C) groups is 2. The zero-order valence-electron chi connectivity index (χ0n) is 25.9. The molecule has 222 valence electrons. The molecule has 3 N–H and O–H groups in total. The van der Waals surface area contributed by atoms with Gasteiger partial charge in [0.1, 0.15) is 23.1 Å². The second kappa shape index (κ2) is 13.9. The van der Waals surface area contributed by atoms with Crippen LogP contribution in [0.3, 0.4) is 0 Å². The molecule has 0 aromatic heterocycles. The molecule has 0 unspecified atom stereocenters.